The Morgan fingerprint density at radius 2 is 1.73 bits per heavy atom. The Bertz CT molecular complexity index is 1160. The van der Waals surface area contributed by atoms with E-state index in [1.807, 2.05) is 54.6 Å². The molecule has 1 N–H and O–H groups in total. The highest BCUT2D eigenvalue weighted by molar-refractivity contribution is 5.94. The lowest BCUT2D eigenvalue weighted by atomic mass is 9.90. The quantitative estimate of drug-likeness (QED) is 0.462. The van der Waals surface area contributed by atoms with Gasteiger partial charge in [0.05, 0.1) is 12.5 Å². The predicted octanol–water partition coefficient (Wildman–Crippen LogP) is 4.06. The fourth-order valence-corrected chi connectivity index (χ4v) is 4.16. The molecule has 168 valence electrons. The summed E-state index contributed by atoms with van der Waals surface area (Å²) in [5.74, 6) is -0.476. The topological polar surface area (TPSA) is 75.7 Å². The van der Waals surface area contributed by atoms with Crippen LogP contribution in [0.1, 0.15) is 46.4 Å². The number of benzene rings is 3. The first-order chi connectivity index (χ1) is 16.0. The Labute approximate surface area is 193 Å². The molecule has 1 unspecified atom stereocenters. The van der Waals surface area contributed by atoms with Crippen molar-refractivity contribution in [1.82, 2.24) is 10.2 Å². The summed E-state index contributed by atoms with van der Waals surface area (Å²) in [6.07, 6.45) is 0.808. The number of ether oxygens (including phenoxy) is 1. The Kier molecular flexibility index (Phi) is 6.83. The number of hydrogen-bond donors (Lipinski definition) is 1. The smallest absolute Gasteiger partial charge is 0.313 e. The van der Waals surface area contributed by atoms with Gasteiger partial charge in [-0.2, -0.15) is 0 Å². The number of carbonyl (C=O) groups excluding carboxylic acids is 3. The molecule has 3 aromatic carbocycles. The van der Waals surface area contributed by atoms with E-state index in [0.717, 1.165) is 23.1 Å². The Morgan fingerprint density at radius 3 is 2.52 bits per heavy atom. The van der Waals surface area contributed by atoms with Crippen molar-refractivity contribution in [3.8, 4) is 5.75 Å². The molecule has 0 spiro atoms. The third-order valence-electron chi connectivity index (χ3n) is 5.80. The van der Waals surface area contributed by atoms with Crippen LogP contribution in [0.3, 0.4) is 0 Å². The maximum Gasteiger partial charge on any atom is 0.313 e. The maximum atomic E-state index is 12.8. The number of nitrogens with zero attached hydrogens (tertiary/aromatic N) is 1. The highest BCUT2D eigenvalue weighted by Crippen LogP contribution is 2.32. The maximum absolute atomic E-state index is 12.8. The fourth-order valence-electron chi connectivity index (χ4n) is 4.16. The first-order valence-electron chi connectivity index (χ1n) is 11.0. The van der Waals surface area contributed by atoms with Gasteiger partial charge in [-0.1, -0.05) is 60.7 Å². The molecule has 1 aliphatic heterocycles. The summed E-state index contributed by atoms with van der Waals surface area (Å²) >= 11 is 0. The van der Waals surface area contributed by atoms with E-state index in [4.69, 9.17) is 4.74 Å². The van der Waals surface area contributed by atoms with Crippen LogP contribution in [0.5, 0.6) is 5.75 Å². The standard InChI is InChI=1S/C27H26N2O4/c1-19(30)29-15-14-21-10-5-6-13-24(21)25(29)17-26(31)33-23-12-7-11-22(16-23)27(32)28-18-20-8-3-2-4-9-20/h2-13,16,25H,14-15,17-18H2,1H3,(H,28,32). The molecule has 0 radical (unpaired) electrons. The number of fused-ring (bicyclic) bond motifs is 1. The average molecular weight is 443 g/mol. The van der Waals surface area contributed by atoms with E-state index in [1.165, 1.54) is 6.92 Å². The van der Waals surface area contributed by atoms with E-state index < -0.39 is 5.97 Å². The number of carbonyl (C=O) groups is 3. The molecule has 0 saturated heterocycles. The van der Waals surface area contributed by atoms with Crippen LogP contribution in [0, 0.1) is 0 Å². The molecule has 1 aliphatic rings. The van der Waals surface area contributed by atoms with Gasteiger partial charge >= 0.3 is 5.97 Å². The van der Waals surface area contributed by atoms with Crippen LogP contribution in [0.15, 0.2) is 78.9 Å². The lowest BCUT2D eigenvalue weighted by Crippen LogP contribution is -2.40. The molecule has 4 rings (SSSR count). The van der Waals surface area contributed by atoms with Crippen molar-refractivity contribution in [3.63, 3.8) is 0 Å². The summed E-state index contributed by atoms with van der Waals surface area (Å²) in [5.41, 5.74) is 3.52. The summed E-state index contributed by atoms with van der Waals surface area (Å²) in [6.45, 7) is 2.50. The molecule has 33 heavy (non-hydrogen) atoms. The van der Waals surface area contributed by atoms with Crippen LogP contribution >= 0.6 is 0 Å². The van der Waals surface area contributed by atoms with Gasteiger partial charge in [0.1, 0.15) is 5.75 Å². The molecule has 0 aliphatic carbocycles. The zero-order valence-corrected chi connectivity index (χ0v) is 18.5. The van der Waals surface area contributed by atoms with Gasteiger partial charge in [0, 0.05) is 25.6 Å². The lowest BCUT2D eigenvalue weighted by molar-refractivity contribution is -0.138. The average Bonchev–Trinajstić information content (AvgIpc) is 2.83. The number of amides is 2. The van der Waals surface area contributed by atoms with E-state index >= 15 is 0 Å². The van der Waals surface area contributed by atoms with Gasteiger partial charge in [-0.25, -0.2) is 0 Å². The van der Waals surface area contributed by atoms with Crippen LogP contribution in [0.4, 0.5) is 0 Å². The van der Waals surface area contributed by atoms with Gasteiger partial charge in [0.25, 0.3) is 5.91 Å². The molecule has 2 amide bonds. The van der Waals surface area contributed by atoms with Gasteiger partial charge in [-0.15, -0.1) is 0 Å². The van der Waals surface area contributed by atoms with Gasteiger partial charge in [0.2, 0.25) is 5.91 Å². The van der Waals surface area contributed by atoms with Crippen molar-refractivity contribution >= 4 is 17.8 Å². The zero-order valence-electron chi connectivity index (χ0n) is 18.5. The number of esters is 1. The van der Waals surface area contributed by atoms with Crippen molar-refractivity contribution in [2.75, 3.05) is 6.54 Å². The monoisotopic (exact) mass is 442 g/mol. The zero-order chi connectivity index (χ0) is 23.2. The minimum atomic E-state index is -0.454. The lowest BCUT2D eigenvalue weighted by Gasteiger charge is -2.36. The molecule has 0 bridgehead atoms. The molecule has 1 atom stereocenters. The molecule has 6 heteroatoms. The van der Waals surface area contributed by atoms with Gasteiger partial charge in [0.15, 0.2) is 0 Å². The van der Waals surface area contributed by atoms with Crippen molar-refractivity contribution in [1.29, 1.82) is 0 Å². The van der Waals surface area contributed by atoms with Crippen molar-refractivity contribution in [2.45, 2.75) is 32.4 Å². The first-order valence-corrected chi connectivity index (χ1v) is 11.0. The summed E-state index contributed by atoms with van der Waals surface area (Å²) in [7, 11) is 0. The Morgan fingerprint density at radius 1 is 0.970 bits per heavy atom. The van der Waals surface area contributed by atoms with Crippen molar-refractivity contribution in [2.24, 2.45) is 0 Å². The molecule has 0 saturated carbocycles. The number of hydrogen-bond acceptors (Lipinski definition) is 4. The van der Waals surface area contributed by atoms with E-state index in [0.29, 0.717) is 24.4 Å². The number of rotatable bonds is 6. The molecular weight excluding hydrogens is 416 g/mol. The third kappa shape index (κ3) is 5.47. The summed E-state index contributed by atoms with van der Waals surface area (Å²) < 4.78 is 5.56. The fraction of sp³-hybridized carbons (Fsp3) is 0.222. The Hall–Kier alpha value is -3.93. The number of nitrogens with one attached hydrogen (secondary N) is 1. The molecule has 6 nitrogen and oxygen atoms in total. The molecule has 1 heterocycles. The van der Waals surface area contributed by atoms with E-state index in [9.17, 15) is 14.4 Å². The summed E-state index contributed by atoms with van der Waals surface area (Å²) in [6, 6.07) is 23.7. The van der Waals surface area contributed by atoms with Gasteiger partial charge in [-0.05, 0) is 41.3 Å². The van der Waals surface area contributed by atoms with Crippen LogP contribution in [-0.2, 0) is 22.6 Å². The predicted molar refractivity (Wildman–Crippen MR) is 125 cm³/mol. The molecule has 0 aromatic heterocycles. The largest absolute Gasteiger partial charge is 0.426 e. The van der Waals surface area contributed by atoms with E-state index in [2.05, 4.69) is 5.32 Å². The van der Waals surface area contributed by atoms with Crippen LogP contribution in [0.2, 0.25) is 0 Å². The van der Waals surface area contributed by atoms with Gasteiger partial charge in [-0.3, -0.25) is 14.4 Å². The van der Waals surface area contributed by atoms with Crippen LogP contribution in [0.25, 0.3) is 0 Å². The Balaban J connectivity index is 1.42. The molecule has 0 fully saturated rings. The highest BCUT2D eigenvalue weighted by atomic mass is 16.5. The molecular formula is C27H26N2O4. The first kappa shape index (κ1) is 22.3. The second kappa shape index (κ2) is 10.1. The summed E-state index contributed by atoms with van der Waals surface area (Å²) in [5, 5.41) is 2.87. The normalized spacial score (nSPS) is 14.8. The van der Waals surface area contributed by atoms with Crippen LogP contribution < -0.4 is 10.1 Å². The van der Waals surface area contributed by atoms with Crippen molar-refractivity contribution < 1.29 is 19.1 Å². The van der Waals surface area contributed by atoms with Crippen LogP contribution in [-0.4, -0.2) is 29.2 Å². The summed E-state index contributed by atoms with van der Waals surface area (Å²) in [4.78, 5) is 39.2. The highest BCUT2D eigenvalue weighted by Gasteiger charge is 2.31. The van der Waals surface area contributed by atoms with Gasteiger partial charge < -0.3 is 15.0 Å². The third-order valence-corrected chi connectivity index (χ3v) is 5.80. The van der Waals surface area contributed by atoms with E-state index in [1.54, 1.807) is 29.2 Å². The minimum Gasteiger partial charge on any atom is -0.426 e. The second-order valence-electron chi connectivity index (χ2n) is 8.05. The SMILES string of the molecule is CC(=O)N1CCc2ccccc2C1CC(=O)Oc1cccc(C(=O)NCc2ccccc2)c1. The second-order valence-corrected chi connectivity index (χ2v) is 8.05. The molecule has 3 aromatic rings. The minimum absolute atomic E-state index is 0.0427. The van der Waals surface area contributed by atoms with E-state index in [-0.39, 0.29) is 24.3 Å². The van der Waals surface area contributed by atoms with Crippen molar-refractivity contribution in [3.05, 3.63) is 101 Å².